The predicted molar refractivity (Wildman–Crippen MR) is 111 cm³/mol. The predicted octanol–water partition coefficient (Wildman–Crippen LogP) is 7.11. The van der Waals surface area contributed by atoms with Crippen molar-refractivity contribution < 1.29 is 4.48 Å². The van der Waals surface area contributed by atoms with Crippen LogP contribution in [-0.2, 0) is 6.54 Å². The van der Waals surface area contributed by atoms with Crippen LogP contribution in [0.15, 0.2) is 30.3 Å². The lowest BCUT2D eigenvalue weighted by atomic mass is 10.1. The van der Waals surface area contributed by atoms with Crippen molar-refractivity contribution >= 4 is 0 Å². The van der Waals surface area contributed by atoms with Crippen molar-refractivity contribution in [3.8, 4) is 0 Å². The summed E-state index contributed by atoms with van der Waals surface area (Å²) in [6.07, 6.45) is 18.8. The zero-order valence-electron chi connectivity index (χ0n) is 16.9. The van der Waals surface area contributed by atoms with Crippen molar-refractivity contribution in [1.29, 1.82) is 0 Å². The fourth-order valence-corrected chi connectivity index (χ4v) is 4.55. The molecule has 1 aromatic rings. The van der Waals surface area contributed by atoms with Crippen molar-refractivity contribution in [2.24, 2.45) is 0 Å². The molecule has 0 unspecified atom stereocenters. The maximum Gasteiger partial charge on any atom is 0.104 e. The summed E-state index contributed by atoms with van der Waals surface area (Å²) < 4.78 is 1.36. The Morgan fingerprint density at radius 2 is 1.20 bits per heavy atom. The summed E-state index contributed by atoms with van der Waals surface area (Å²) in [5.74, 6) is 0. The van der Waals surface area contributed by atoms with Gasteiger partial charge in [-0.1, -0.05) is 95.0 Å². The molecule has 1 saturated heterocycles. The van der Waals surface area contributed by atoms with Crippen LogP contribution in [0.2, 0.25) is 0 Å². The van der Waals surface area contributed by atoms with Gasteiger partial charge in [-0.15, -0.1) is 0 Å². The Morgan fingerprint density at radius 1 is 0.680 bits per heavy atom. The lowest BCUT2D eigenvalue weighted by Crippen LogP contribution is -2.45. The second-order valence-electron chi connectivity index (χ2n) is 8.40. The second kappa shape index (κ2) is 12.5. The van der Waals surface area contributed by atoms with Crippen molar-refractivity contribution in [3.63, 3.8) is 0 Å². The molecule has 2 rings (SSSR count). The Kier molecular flexibility index (Phi) is 10.3. The Balaban J connectivity index is 1.53. The minimum atomic E-state index is 1.26. The summed E-state index contributed by atoms with van der Waals surface area (Å²) in [6, 6.07) is 11.2. The summed E-state index contributed by atoms with van der Waals surface area (Å²) >= 11 is 0. The lowest BCUT2D eigenvalue weighted by molar-refractivity contribution is -0.930. The van der Waals surface area contributed by atoms with Gasteiger partial charge in [0.2, 0.25) is 0 Å². The standard InChI is InChI=1S/C24H42N/c1-2-3-4-5-6-7-8-9-10-11-15-20-25(21-16-17-22-25)23-24-18-13-12-14-19-24/h12-14,18-19H,2-11,15-17,20-23H2,1H3/q+1. The molecule has 1 aromatic carbocycles. The molecular weight excluding hydrogens is 302 g/mol. The Morgan fingerprint density at radius 3 is 1.76 bits per heavy atom. The van der Waals surface area contributed by atoms with Gasteiger partial charge in [0.05, 0.1) is 19.6 Å². The van der Waals surface area contributed by atoms with Gasteiger partial charge in [0.25, 0.3) is 0 Å². The van der Waals surface area contributed by atoms with Gasteiger partial charge in [-0.3, -0.25) is 0 Å². The molecule has 0 spiro atoms. The van der Waals surface area contributed by atoms with Crippen LogP contribution >= 0.6 is 0 Å². The summed E-state index contributed by atoms with van der Waals surface area (Å²) in [4.78, 5) is 0. The molecule has 0 atom stereocenters. The SMILES string of the molecule is CCCCCCCCCCCCC[N+]1(Cc2ccccc2)CCCC1. The van der Waals surface area contributed by atoms with Gasteiger partial charge in [0.1, 0.15) is 6.54 Å². The van der Waals surface area contributed by atoms with Crippen LogP contribution < -0.4 is 0 Å². The van der Waals surface area contributed by atoms with Crippen molar-refractivity contribution in [2.75, 3.05) is 19.6 Å². The monoisotopic (exact) mass is 344 g/mol. The molecule has 0 N–H and O–H groups in total. The molecule has 0 radical (unpaired) electrons. The largest absolute Gasteiger partial charge is 0.320 e. The first-order valence-corrected chi connectivity index (χ1v) is 11.2. The lowest BCUT2D eigenvalue weighted by Gasteiger charge is -2.34. The molecular formula is C24H42N+. The molecule has 0 amide bonds. The van der Waals surface area contributed by atoms with Crippen LogP contribution in [0.1, 0.15) is 96.0 Å². The highest BCUT2D eigenvalue weighted by Gasteiger charge is 2.31. The van der Waals surface area contributed by atoms with Gasteiger partial charge in [-0.25, -0.2) is 0 Å². The molecule has 0 aliphatic carbocycles. The van der Waals surface area contributed by atoms with Crippen molar-refractivity contribution in [3.05, 3.63) is 35.9 Å². The molecule has 1 nitrogen and oxygen atoms in total. The second-order valence-corrected chi connectivity index (χ2v) is 8.40. The Hall–Kier alpha value is -0.820. The maximum absolute atomic E-state index is 2.32. The Labute approximate surface area is 157 Å². The maximum atomic E-state index is 2.32. The molecule has 1 heteroatoms. The highest BCUT2D eigenvalue weighted by Crippen LogP contribution is 2.25. The van der Waals surface area contributed by atoms with Crippen molar-refractivity contribution in [1.82, 2.24) is 0 Å². The molecule has 1 heterocycles. The van der Waals surface area contributed by atoms with Crippen LogP contribution in [-0.4, -0.2) is 24.1 Å². The quantitative estimate of drug-likeness (QED) is 0.249. The summed E-state index contributed by atoms with van der Waals surface area (Å²) in [6.45, 7) is 7.79. The van der Waals surface area contributed by atoms with E-state index in [-0.39, 0.29) is 0 Å². The number of quaternary nitrogens is 1. The van der Waals surface area contributed by atoms with Gasteiger partial charge in [-0.2, -0.15) is 0 Å². The number of hydrogen-bond acceptors (Lipinski definition) is 0. The van der Waals surface area contributed by atoms with Gasteiger partial charge >= 0.3 is 0 Å². The normalized spacial score (nSPS) is 16.4. The van der Waals surface area contributed by atoms with Crippen LogP contribution in [0.3, 0.4) is 0 Å². The molecule has 1 aliphatic heterocycles. The van der Waals surface area contributed by atoms with E-state index in [4.69, 9.17) is 0 Å². The molecule has 142 valence electrons. The van der Waals surface area contributed by atoms with Crippen LogP contribution in [0.25, 0.3) is 0 Å². The van der Waals surface area contributed by atoms with Gasteiger partial charge in [0.15, 0.2) is 0 Å². The fourth-order valence-electron chi connectivity index (χ4n) is 4.55. The average Bonchev–Trinajstić information content (AvgIpc) is 3.09. The van der Waals surface area contributed by atoms with Crippen LogP contribution in [0.5, 0.6) is 0 Å². The zero-order valence-corrected chi connectivity index (χ0v) is 16.9. The third-order valence-electron chi connectivity index (χ3n) is 6.11. The molecule has 25 heavy (non-hydrogen) atoms. The first kappa shape index (κ1) is 20.5. The summed E-state index contributed by atoms with van der Waals surface area (Å²) in [5, 5.41) is 0. The van der Waals surface area contributed by atoms with E-state index >= 15 is 0 Å². The van der Waals surface area contributed by atoms with E-state index in [1.54, 1.807) is 0 Å². The van der Waals surface area contributed by atoms with E-state index in [0.717, 1.165) is 0 Å². The first-order valence-electron chi connectivity index (χ1n) is 11.2. The minimum Gasteiger partial charge on any atom is -0.320 e. The molecule has 1 aliphatic rings. The third kappa shape index (κ3) is 8.40. The fraction of sp³-hybridized carbons (Fsp3) is 0.750. The number of hydrogen-bond donors (Lipinski definition) is 0. The van der Waals surface area contributed by atoms with E-state index in [1.165, 1.54) is 120 Å². The third-order valence-corrected chi connectivity index (χ3v) is 6.11. The van der Waals surface area contributed by atoms with Gasteiger partial charge in [0, 0.05) is 18.4 Å². The van der Waals surface area contributed by atoms with Gasteiger partial charge < -0.3 is 4.48 Å². The molecule has 1 fully saturated rings. The van der Waals surface area contributed by atoms with E-state index in [9.17, 15) is 0 Å². The number of nitrogens with zero attached hydrogens (tertiary/aromatic N) is 1. The highest BCUT2D eigenvalue weighted by atomic mass is 15.4. The molecule has 0 aromatic heterocycles. The number of likely N-dealkylation sites (tertiary alicyclic amines) is 1. The average molecular weight is 345 g/mol. The number of benzene rings is 1. The van der Waals surface area contributed by atoms with E-state index < -0.39 is 0 Å². The highest BCUT2D eigenvalue weighted by molar-refractivity contribution is 5.13. The first-order chi connectivity index (χ1) is 12.3. The van der Waals surface area contributed by atoms with E-state index in [2.05, 4.69) is 37.3 Å². The zero-order chi connectivity index (χ0) is 17.6. The Bertz CT molecular complexity index is 419. The van der Waals surface area contributed by atoms with Crippen LogP contribution in [0, 0.1) is 0 Å². The van der Waals surface area contributed by atoms with E-state index in [0.29, 0.717) is 0 Å². The topological polar surface area (TPSA) is 0 Å². The van der Waals surface area contributed by atoms with Crippen LogP contribution in [0.4, 0.5) is 0 Å². The smallest absolute Gasteiger partial charge is 0.104 e. The summed E-state index contributed by atoms with van der Waals surface area (Å²) in [5.41, 5.74) is 1.53. The molecule has 0 saturated carbocycles. The van der Waals surface area contributed by atoms with Gasteiger partial charge in [-0.05, 0) is 12.8 Å². The van der Waals surface area contributed by atoms with Crippen molar-refractivity contribution in [2.45, 2.75) is 96.9 Å². The van der Waals surface area contributed by atoms with E-state index in [1.807, 2.05) is 0 Å². The number of unbranched alkanes of at least 4 members (excludes halogenated alkanes) is 10. The minimum absolute atomic E-state index is 1.26. The summed E-state index contributed by atoms with van der Waals surface area (Å²) in [7, 11) is 0. The molecule has 0 bridgehead atoms. The number of rotatable bonds is 14.